The first-order valence-corrected chi connectivity index (χ1v) is 9.37. The van der Waals surface area contributed by atoms with Crippen molar-refractivity contribution < 1.29 is 8.42 Å². The Balaban J connectivity index is 2.02. The number of aryl methyl sites for hydroxylation is 1. The fraction of sp³-hybridized carbons (Fsp3) is 0.200. The van der Waals surface area contributed by atoms with Gasteiger partial charge >= 0.3 is 0 Å². The molecule has 2 rings (SSSR count). The molecule has 0 atom stereocenters. The molecule has 2 aromatic carbocycles. The number of rotatable bonds is 5. The highest BCUT2D eigenvalue weighted by Gasteiger charge is 2.14. The Hall–Kier alpha value is -1.17. The lowest BCUT2D eigenvalue weighted by Crippen LogP contribution is -2.08. The number of sulfone groups is 1. The van der Waals surface area contributed by atoms with Crippen molar-refractivity contribution in [3.05, 3.63) is 53.1 Å². The zero-order valence-electron chi connectivity index (χ0n) is 11.5. The molecule has 0 aliphatic carbocycles. The molecule has 3 nitrogen and oxygen atoms in total. The van der Waals surface area contributed by atoms with E-state index >= 15 is 0 Å². The highest BCUT2D eigenvalue weighted by molar-refractivity contribution is 8.00. The normalized spacial score (nSPS) is 11.5. The van der Waals surface area contributed by atoms with E-state index in [9.17, 15) is 8.42 Å². The molecule has 0 bridgehead atoms. The van der Waals surface area contributed by atoms with Crippen LogP contribution in [-0.4, -0.2) is 19.9 Å². The molecule has 0 unspecified atom stereocenters. The number of thioether (sulfide) groups is 1. The number of anilines is 1. The van der Waals surface area contributed by atoms with Crippen LogP contribution in [0.4, 0.5) is 5.69 Å². The van der Waals surface area contributed by atoms with Crippen LogP contribution in [0.3, 0.4) is 0 Å². The van der Waals surface area contributed by atoms with Crippen molar-refractivity contribution in [1.82, 2.24) is 0 Å². The van der Waals surface area contributed by atoms with Crippen molar-refractivity contribution in [2.75, 3.05) is 17.2 Å². The smallest absolute Gasteiger partial charge is 0.179 e. The number of nitrogens with two attached hydrogens (primary N) is 1. The van der Waals surface area contributed by atoms with E-state index in [2.05, 4.69) is 0 Å². The number of nitrogen functional groups attached to an aromatic ring is 1. The van der Waals surface area contributed by atoms with Crippen molar-refractivity contribution in [2.24, 2.45) is 0 Å². The molecule has 2 N–H and O–H groups in total. The van der Waals surface area contributed by atoms with Gasteiger partial charge in [0.25, 0.3) is 0 Å². The van der Waals surface area contributed by atoms with Gasteiger partial charge in [-0.25, -0.2) is 8.42 Å². The lowest BCUT2D eigenvalue weighted by molar-refractivity contribution is 0.597. The van der Waals surface area contributed by atoms with Crippen LogP contribution < -0.4 is 5.73 Å². The van der Waals surface area contributed by atoms with Crippen molar-refractivity contribution in [3.8, 4) is 0 Å². The molecule has 0 aliphatic heterocycles. The van der Waals surface area contributed by atoms with Gasteiger partial charge in [0.15, 0.2) is 9.84 Å². The van der Waals surface area contributed by atoms with Crippen LogP contribution in [0.25, 0.3) is 0 Å². The topological polar surface area (TPSA) is 60.2 Å². The van der Waals surface area contributed by atoms with Crippen LogP contribution >= 0.6 is 23.4 Å². The average Bonchev–Trinajstić information content (AvgIpc) is 2.43. The van der Waals surface area contributed by atoms with Gasteiger partial charge in [-0.1, -0.05) is 17.7 Å². The van der Waals surface area contributed by atoms with E-state index in [4.69, 9.17) is 17.3 Å². The number of hydrogen-bond donors (Lipinski definition) is 1. The average molecular weight is 342 g/mol. The zero-order valence-corrected chi connectivity index (χ0v) is 13.9. The number of benzene rings is 2. The maximum atomic E-state index is 12.2. The quantitative estimate of drug-likeness (QED) is 0.663. The fourth-order valence-corrected chi connectivity index (χ4v) is 4.63. The summed E-state index contributed by atoms with van der Waals surface area (Å²) in [5.74, 6) is 0.519. The van der Waals surface area contributed by atoms with Crippen molar-refractivity contribution in [2.45, 2.75) is 16.7 Å². The van der Waals surface area contributed by atoms with Crippen molar-refractivity contribution >= 4 is 38.9 Å². The molecule has 112 valence electrons. The first-order valence-electron chi connectivity index (χ1n) is 6.36. The Labute approximate surface area is 134 Å². The fourth-order valence-electron chi connectivity index (χ4n) is 1.79. The molecule has 0 aromatic heterocycles. The predicted octanol–water partition coefficient (Wildman–Crippen LogP) is 3.80. The molecule has 0 aliphatic rings. The Morgan fingerprint density at radius 3 is 2.48 bits per heavy atom. The molecule has 0 radical (unpaired) electrons. The summed E-state index contributed by atoms with van der Waals surface area (Å²) in [5.41, 5.74) is 7.66. The molecule has 0 amide bonds. The molecule has 0 spiro atoms. The summed E-state index contributed by atoms with van der Waals surface area (Å²) in [5, 5.41) is 0.524. The Kier molecular flexibility index (Phi) is 5.19. The summed E-state index contributed by atoms with van der Waals surface area (Å²) in [6, 6.07) is 12.0. The van der Waals surface area contributed by atoms with Gasteiger partial charge < -0.3 is 5.73 Å². The van der Waals surface area contributed by atoms with Crippen LogP contribution in [0.15, 0.2) is 52.3 Å². The number of hydrogen-bond acceptors (Lipinski definition) is 4. The van der Waals surface area contributed by atoms with E-state index in [1.54, 1.807) is 12.1 Å². The van der Waals surface area contributed by atoms with Gasteiger partial charge in [-0.2, -0.15) is 0 Å². The minimum atomic E-state index is -3.29. The predicted molar refractivity (Wildman–Crippen MR) is 89.8 cm³/mol. The zero-order chi connectivity index (χ0) is 15.5. The third kappa shape index (κ3) is 4.40. The Morgan fingerprint density at radius 2 is 1.81 bits per heavy atom. The lowest BCUT2D eigenvalue weighted by atomic mass is 10.2. The summed E-state index contributed by atoms with van der Waals surface area (Å²) >= 11 is 7.22. The first kappa shape index (κ1) is 16.2. The van der Waals surface area contributed by atoms with Crippen LogP contribution in [-0.2, 0) is 9.84 Å². The van der Waals surface area contributed by atoms with E-state index < -0.39 is 9.84 Å². The second-order valence-corrected chi connectivity index (χ2v) is 8.34. The van der Waals surface area contributed by atoms with Gasteiger partial charge in [-0.3, -0.25) is 0 Å². The van der Waals surface area contributed by atoms with Gasteiger partial charge in [0.05, 0.1) is 10.6 Å². The third-order valence-corrected chi connectivity index (χ3v) is 6.27. The van der Waals surface area contributed by atoms with E-state index in [1.165, 1.54) is 23.9 Å². The van der Waals surface area contributed by atoms with Gasteiger partial charge in [-0.05, 0) is 48.9 Å². The van der Waals surface area contributed by atoms with Gasteiger partial charge in [0.1, 0.15) is 0 Å². The molecule has 0 heterocycles. The van der Waals surface area contributed by atoms with E-state index in [0.29, 0.717) is 21.4 Å². The maximum absolute atomic E-state index is 12.2. The van der Waals surface area contributed by atoms with Gasteiger partial charge in [0.2, 0.25) is 0 Å². The van der Waals surface area contributed by atoms with Crippen LogP contribution in [0.2, 0.25) is 5.02 Å². The molecular weight excluding hydrogens is 326 g/mol. The summed E-state index contributed by atoms with van der Waals surface area (Å²) in [6.45, 7) is 1.98. The second kappa shape index (κ2) is 6.73. The second-order valence-electron chi connectivity index (χ2n) is 4.66. The molecule has 0 saturated heterocycles. The largest absolute Gasteiger partial charge is 0.398 e. The van der Waals surface area contributed by atoms with Crippen LogP contribution in [0, 0.1) is 6.92 Å². The summed E-state index contributed by atoms with van der Waals surface area (Å²) in [7, 11) is -3.29. The maximum Gasteiger partial charge on any atom is 0.179 e. The molecule has 0 saturated carbocycles. The molecule has 0 fully saturated rings. The summed E-state index contributed by atoms with van der Waals surface area (Å²) in [4.78, 5) is 1.21. The van der Waals surface area contributed by atoms with Crippen molar-refractivity contribution in [1.29, 1.82) is 0 Å². The Bertz CT molecular complexity index is 728. The Morgan fingerprint density at radius 1 is 1.14 bits per heavy atom. The monoisotopic (exact) mass is 341 g/mol. The van der Waals surface area contributed by atoms with E-state index in [0.717, 1.165) is 10.5 Å². The standard InChI is InChI=1S/C15H16ClNO2S2/c1-11-2-7-14(17)15(10-11)20-8-9-21(18,19)13-5-3-12(16)4-6-13/h2-7,10H,8-9,17H2,1H3. The first-order chi connectivity index (χ1) is 9.88. The van der Waals surface area contributed by atoms with E-state index in [1.807, 2.05) is 25.1 Å². The highest BCUT2D eigenvalue weighted by atomic mass is 35.5. The minimum Gasteiger partial charge on any atom is -0.398 e. The van der Waals surface area contributed by atoms with Crippen LogP contribution in [0.5, 0.6) is 0 Å². The minimum absolute atomic E-state index is 0.0622. The van der Waals surface area contributed by atoms with Crippen molar-refractivity contribution in [3.63, 3.8) is 0 Å². The van der Waals surface area contributed by atoms with E-state index in [-0.39, 0.29) is 5.75 Å². The molecule has 21 heavy (non-hydrogen) atoms. The molecular formula is C15H16ClNO2S2. The SMILES string of the molecule is Cc1ccc(N)c(SCCS(=O)(=O)c2ccc(Cl)cc2)c1. The lowest BCUT2D eigenvalue weighted by Gasteiger charge is -2.07. The van der Waals surface area contributed by atoms with Crippen LogP contribution in [0.1, 0.15) is 5.56 Å². The molecule has 2 aromatic rings. The number of halogens is 1. The third-order valence-electron chi connectivity index (χ3n) is 2.95. The highest BCUT2D eigenvalue weighted by Crippen LogP contribution is 2.27. The molecule has 6 heteroatoms. The van der Waals surface area contributed by atoms with Gasteiger partial charge in [0, 0.05) is 21.4 Å². The summed E-state index contributed by atoms with van der Waals surface area (Å²) in [6.07, 6.45) is 0. The van der Waals surface area contributed by atoms with Gasteiger partial charge in [-0.15, -0.1) is 11.8 Å². The summed E-state index contributed by atoms with van der Waals surface area (Å²) < 4.78 is 24.4.